The number of hydrogen-bond acceptors (Lipinski definition) is 3. The first-order chi connectivity index (χ1) is 8.34. The molecular formula is C15H22O3. The third-order valence-electron chi connectivity index (χ3n) is 4.87. The van der Waals surface area contributed by atoms with Crippen LogP contribution in [0.4, 0.5) is 0 Å². The smallest absolute Gasteiger partial charge is 0.315 e. The average molecular weight is 250 g/mol. The number of ketones is 1. The lowest BCUT2D eigenvalue weighted by Gasteiger charge is -2.50. The van der Waals surface area contributed by atoms with Crippen LogP contribution in [0.3, 0.4) is 0 Å². The monoisotopic (exact) mass is 250 g/mol. The van der Waals surface area contributed by atoms with Crippen molar-refractivity contribution in [2.24, 2.45) is 16.7 Å². The lowest BCUT2D eigenvalue weighted by molar-refractivity contribution is -0.163. The highest BCUT2D eigenvalue weighted by Gasteiger charge is 2.57. The molecule has 0 unspecified atom stereocenters. The molecule has 100 valence electrons. The lowest BCUT2D eigenvalue weighted by Crippen LogP contribution is -2.53. The fourth-order valence-corrected chi connectivity index (χ4v) is 3.82. The van der Waals surface area contributed by atoms with Crippen LogP contribution in [0.25, 0.3) is 0 Å². The number of methoxy groups -OCH3 is 1. The number of allylic oxidation sites excluding steroid dienone is 1. The first-order valence-electron chi connectivity index (χ1n) is 6.64. The third kappa shape index (κ3) is 1.72. The zero-order valence-corrected chi connectivity index (χ0v) is 11.7. The molecular weight excluding hydrogens is 228 g/mol. The van der Waals surface area contributed by atoms with Gasteiger partial charge in [0.2, 0.25) is 0 Å². The number of carbonyl (C=O) groups is 2. The quantitative estimate of drug-likeness (QED) is 0.531. The fourth-order valence-electron chi connectivity index (χ4n) is 3.82. The Hall–Kier alpha value is -1.12. The van der Waals surface area contributed by atoms with Crippen molar-refractivity contribution < 1.29 is 14.3 Å². The van der Waals surface area contributed by atoms with E-state index in [-0.39, 0.29) is 17.7 Å². The maximum atomic E-state index is 12.3. The second-order valence-electron chi connectivity index (χ2n) is 6.26. The van der Waals surface area contributed by atoms with Crippen molar-refractivity contribution in [3.8, 4) is 0 Å². The molecule has 1 fully saturated rings. The van der Waals surface area contributed by atoms with Gasteiger partial charge in [-0.2, -0.15) is 0 Å². The van der Waals surface area contributed by atoms with Gasteiger partial charge >= 0.3 is 5.97 Å². The maximum Gasteiger partial charge on any atom is 0.315 e. The van der Waals surface area contributed by atoms with Crippen molar-refractivity contribution in [1.82, 2.24) is 0 Å². The van der Waals surface area contributed by atoms with Crippen molar-refractivity contribution in [1.29, 1.82) is 0 Å². The summed E-state index contributed by atoms with van der Waals surface area (Å²) in [5.41, 5.74) is 0.236. The van der Waals surface area contributed by atoms with E-state index in [2.05, 4.69) is 13.0 Å². The molecule has 0 heterocycles. The van der Waals surface area contributed by atoms with Gasteiger partial charge in [0.05, 0.1) is 12.5 Å². The highest BCUT2D eigenvalue weighted by atomic mass is 16.5. The molecule has 0 aromatic rings. The Balaban J connectivity index is 2.52. The molecule has 0 aromatic heterocycles. The Morgan fingerprint density at radius 1 is 1.39 bits per heavy atom. The topological polar surface area (TPSA) is 43.4 Å². The van der Waals surface area contributed by atoms with Crippen LogP contribution in [-0.4, -0.2) is 18.9 Å². The van der Waals surface area contributed by atoms with Crippen LogP contribution >= 0.6 is 0 Å². The zero-order valence-electron chi connectivity index (χ0n) is 11.7. The van der Waals surface area contributed by atoms with Crippen LogP contribution < -0.4 is 0 Å². The Morgan fingerprint density at radius 3 is 2.67 bits per heavy atom. The molecule has 0 aliphatic heterocycles. The Labute approximate surface area is 109 Å². The van der Waals surface area contributed by atoms with Crippen LogP contribution in [-0.2, 0) is 14.3 Å². The summed E-state index contributed by atoms with van der Waals surface area (Å²) in [5.74, 6) is 0.175. The number of hydrogen-bond donors (Lipinski definition) is 0. The number of rotatable bonds is 1. The van der Waals surface area contributed by atoms with Gasteiger partial charge in [-0.15, -0.1) is 0 Å². The number of carbonyl (C=O) groups excluding carboxylic acids is 2. The van der Waals surface area contributed by atoms with Crippen molar-refractivity contribution in [3.05, 3.63) is 11.6 Å². The Morgan fingerprint density at radius 2 is 2.06 bits per heavy atom. The summed E-state index contributed by atoms with van der Waals surface area (Å²) in [6.07, 6.45) is 5.02. The summed E-state index contributed by atoms with van der Waals surface area (Å²) in [4.78, 5) is 24.4. The van der Waals surface area contributed by atoms with Crippen molar-refractivity contribution in [3.63, 3.8) is 0 Å². The van der Waals surface area contributed by atoms with Crippen LogP contribution in [0.2, 0.25) is 0 Å². The van der Waals surface area contributed by atoms with E-state index < -0.39 is 10.8 Å². The average Bonchev–Trinajstić information content (AvgIpc) is 2.33. The summed E-state index contributed by atoms with van der Waals surface area (Å²) >= 11 is 0. The normalized spacial score (nSPS) is 34.6. The van der Waals surface area contributed by atoms with E-state index in [1.165, 1.54) is 12.7 Å². The predicted molar refractivity (Wildman–Crippen MR) is 69.0 cm³/mol. The van der Waals surface area contributed by atoms with E-state index >= 15 is 0 Å². The van der Waals surface area contributed by atoms with Gasteiger partial charge in [-0.3, -0.25) is 9.59 Å². The van der Waals surface area contributed by atoms with Crippen molar-refractivity contribution in [2.75, 3.05) is 7.11 Å². The molecule has 0 saturated heterocycles. The molecule has 3 nitrogen and oxygen atoms in total. The fraction of sp³-hybridized carbons (Fsp3) is 0.733. The Bertz CT molecular complexity index is 419. The van der Waals surface area contributed by atoms with E-state index in [9.17, 15) is 9.59 Å². The molecule has 0 radical (unpaired) electrons. The second kappa shape index (κ2) is 4.22. The molecule has 2 rings (SSSR count). The van der Waals surface area contributed by atoms with Gasteiger partial charge < -0.3 is 4.74 Å². The SMILES string of the molecule is COC(=O)[C@@]12C=C(C)CC[C@H]1C(C)(C)C(=O)CC2. The standard InChI is InChI=1S/C15H22O3/c1-10-5-6-11-14(2,3)12(16)7-8-15(11,9-10)13(17)18-4/h9,11H,5-8H2,1-4H3/t11-,15-/m0/s1. The lowest BCUT2D eigenvalue weighted by atomic mass is 9.52. The molecule has 2 aliphatic rings. The first kappa shape index (κ1) is 13.3. The summed E-state index contributed by atoms with van der Waals surface area (Å²) in [6.45, 7) is 6.01. The van der Waals surface area contributed by atoms with E-state index in [0.29, 0.717) is 12.8 Å². The van der Waals surface area contributed by atoms with E-state index in [1.807, 2.05) is 13.8 Å². The van der Waals surface area contributed by atoms with E-state index in [0.717, 1.165) is 12.8 Å². The highest BCUT2D eigenvalue weighted by Crippen LogP contribution is 2.55. The van der Waals surface area contributed by atoms with Gasteiger partial charge in [0.25, 0.3) is 0 Å². The second-order valence-corrected chi connectivity index (χ2v) is 6.26. The molecule has 0 N–H and O–H groups in total. The maximum absolute atomic E-state index is 12.3. The van der Waals surface area contributed by atoms with Gasteiger partial charge in [-0.25, -0.2) is 0 Å². The van der Waals surface area contributed by atoms with E-state index in [4.69, 9.17) is 4.74 Å². The zero-order chi connectivity index (χ0) is 13.6. The van der Waals surface area contributed by atoms with Gasteiger partial charge in [0.1, 0.15) is 5.78 Å². The molecule has 18 heavy (non-hydrogen) atoms. The minimum Gasteiger partial charge on any atom is -0.468 e. The summed E-state index contributed by atoms with van der Waals surface area (Å²) < 4.78 is 5.03. The molecule has 0 bridgehead atoms. The summed E-state index contributed by atoms with van der Waals surface area (Å²) in [7, 11) is 1.44. The predicted octanol–water partition coefficient (Wildman–Crippen LogP) is 2.89. The number of fused-ring (bicyclic) bond motifs is 1. The third-order valence-corrected chi connectivity index (χ3v) is 4.87. The molecule has 0 amide bonds. The van der Waals surface area contributed by atoms with Crippen LogP contribution in [0.5, 0.6) is 0 Å². The van der Waals surface area contributed by atoms with Gasteiger partial charge in [0, 0.05) is 11.8 Å². The van der Waals surface area contributed by atoms with Gasteiger partial charge in [-0.05, 0) is 32.1 Å². The minimum absolute atomic E-state index is 0.0717. The Kier molecular flexibility index (Phi) is 3.12. The molecule has 0 spiro atoms. The van der Waals surface area contributed by atoms with Crippen LogP contribution in [0.15, 0.2) is 11.6 Å². The molecule has 3 heteroatoms. The van der Waals surface area contributed by atoms with Crippen molar-refractivity contribution >= 4 is 11.8 Å². The minimum atomic E-state index is -0.575. The molecule has 0 aromatic carbocycles. The number of Topliss-reactive ketones (excluding diaryl/α,β-unsaturated/α-hetero) is 1. The van der Waals surface area contributed by atoms with Gasteiger partial charge in [-0.1, -0.05) is 25.5 Å². The molecule has 2 aliphatic carbocycles. The molecule has 1 saturated carbocycles. The van der Waals surface area contributed by atoms with Crippen LogP contribution in [0.1, 0.15) is 46.5 Å². The molecule has 2 atom stereocenters. The first-order valence-corrected chi connectivity index (χ1v) is 6.64. The van der Waals surface area contributed by atoms with E-state index in [1.54, 1.807) is 0 Å². The number of esters is 1. The largest absolute Gasteiger partial charge is 0.468 e. The number of ether oxygens (including phenoxy) is 1. The van der Waals surface area contributed by atoms with Gasteiger partial charge in [0.15, 0.2) is 0 Å². The summed E-state index contributed by atoms with van der Waals surface area (Å²) in [6, 6.07) is 0. The van der Waals surface area contributed by atoms with Crippen LogP contribution in [0, 0.1) is 16.7 Å². The van der Waals surface area contributed by atoms with Crippen molar-refractivity contribution in [2.45, 2.75) is 46.5 Å². The highest BCUT2D eigenvalue weighted by molar-refractivity contribution is 5.90. The summed E-state index contributed by atoms with van der Waals surface area (Å²) in [5, 5.41) is 0.